The Bertz CT molecular complexity index is 2390. The molecule has 0 radical (unpaired) electrons. The first kappa shape index (κ1) is 52.3. The molecule has 0 amide bonds. The van der Waals surface area contributed by atoms with Gasteiger partial charge in [-0.2, -0.15) is 36.3 Å². The summed E-state index contributed by atoms with van der Waals surface area (Å²) in [5, 5.41) is 30.1. The Morgan fingerprint density at radius 1 is 0.514 bits per heavy atom. The standard InChI is InChI=1S/C53H68F6N12O3/c54-52(55,56)33-66-19-11-39(12-20-66)60-47-29-41(62-50(64-47)68-25-15-43(45(72)17-27-68)70-23-9-35-5-1-3-7-37(35)31-70)49(74)42-30-48(61-40-13-21-67(22-14-40)34-53(57,58)59)65-51(63-42)69-26-16-44(46(73)18-28-69)71-24-10-36-6-2-4-8-38(36)32-71/h1-8,29-30,39-40,43-46,72-73H,9-28,31-34H2,(H,60,62,64)(H,61,63,65)/t43-,44-,45-,46-/m1/s1. The number of likely N-dealkylation sites (tertiary alicyclic amines) is 2. The van der Waals surface area contributed by atoms with E-state index in [1.165, 1.54) is 32.1 Å². The number of anilines is 4. The van der Waals surface area contributed by atoms with E-state index >= 15 is 4.79 Å². The fraction of sp³-hybridized carbons (Fsp3) is 0.604. The van der Waals surface area contributed by atoms with Gasteiger partial charge in [0.05, 0.1) is 25.3 Å². The molecule has 4 N–H and O–H groups in total. The van der Waals surface area contributed by atoms with Crippen LogP contribution in [0.3, 0.4) is 0 Å². The molecule has 8 heterocycles. The monoisotopic (exact) mass is 1030 g/mol. The van der Waals surface area contributed by atoms with Crippen molar-refractivity contribution in [2.45, 2.75) is 126 Å². The summed E-state index contributed by atoms with van der Waals surface area (Å²) in [6.45, 7) is 3.86. The molecule has 15 nitrogen and oxygen atoms in total. The maximum Gasteiger partial charge on any atom is 0.401 e. The van der Waals surface area contributed by atoms with Gasteiger partial charge in [0, 0.05) is 115 Å². The van der Waals surface area contributed by atoms with Crippen molar-refractivity contribution in [3.05, 3.63) is 94.3 Å². The number of fused-ring (bicyclic) bond motifs is 2. The topological polar surface area (TPSA) is 153 Å². The maximum atomic E-state index is 15.1. The van der Waals surface area contributed by atoms with Crippen molar-refractivity contribution < 1.29 is 41.4 Å². The van der Waals surface area contributed by atoms with Crippen molar-refractivity contribution in [3.63, 3.8) is 0 Å². The van der Waals surface area contributed by atoms with E-state index in [1.807, 2.05) is 21.9 Å². The molecule has 4 fully saturated rings. The van der Waals surface area contributed by atoms with Gasteiger partial charge in [0.1, 0.15) is 23.0 Å². The third kappa shape index (κ3) is 13.1. The van der Waals surface area contributed by atoms with Crippen LogP contribution in [0.1, 0.15) is 89.8 Å². The molecule has 400 valence electrons. The third-order valence-corrected chi connectivity index (χ3v) is 16.1. The van der Waals surface area contributed by atoms with Crippen LogP contribution in [0.25, 0.3) is 0 Å². The molecule has 0 saturated carbocycles. The summed E-state index contributed by atoms with van der Waals surface area (Å²) in [4.78, 5) is 46.2. The van der Waals surface area contributed by atoms with E-state index in [1.54, 1.807) is 12.1 Å². The summed E-state index contributed by atoms with van der Waals surface area (Å²) in [6.07, 6.45) is -4.31. The number of aromatic nitrogens is 4. The van der Waals surface area contributed by atoms with Gasteiger partial charge in [0.2, 0.25) is 17.7 Å². The van der Waals surface area contributed by atoms with Gasteiger partial charge in [-0.1, -0.05) is 48.5 Å². The normalized spacial score (nSPS) is 24.7. The zero-order valence-corrected chi connectivity index (χ0v) is 41.8. The summed E-state index contributed by atoms with van der Waals surface area (Å²) in [5.74, 6) is 0.704. The molecule has 6 aliphatic rings. The Labute approximate surface area is 428 Å². The average molecular weight is 1040 g/mol. The molecule has 4 atom stereocenters. The Morgan fingerprint density at radius 2 is 0.892 bits per heavy atom. The molecule has 6 aliphatic heterocycles. The second-order valence-electron chi connectivity index (χ2n) is 21.2. The minimum absolute atomic E-state index is 0.0359. The number of rotatable bonds is 12. The molecule has 2 aromatic carbocycles. The molecule has 21 heteroatoms. The molecule has 0 aliphatic carbocycles. The fourth-order valence-electron chi connectivity index (χ4n) is 12.1. The first-order valence-electron chi connectivity index (χ1n) is 26.5. The van der Waals surface area contributed by atoms with E-state index in [2.05, 4.69) is 56.8 Å². The number of nitrogens with zero attached hydrogens (tertiary/aromatic N) is 10. The van der Waals surface area contributed by atoms with Crippen LogP contribution in [0, 0.1) is 0 Å². The number of nitrogens with one attached hydrogen (secondary N) is 2. The number of hydrogen-bond acceptors (Lipinski definition) is 15. The highest BCUT2D eigenvalue weighted by Gasteiger charge is 2.37. The molecule has 2 aromatic heterocycles. The zero-order chi connectivity index (χ0) is 51.6. The summed E-state index contributed by atoms with van der Waals surface area (Å²) in [6, 6.07) is 19.2. The molecule has 74 heavy (non-hydrogen) atoms. The number of carbonyl (C=O) groups excluding carboxylic acids is 1. The number of aliphatic hydroxyl groups excluding tert-OH is 2. The van der Waals surface area contributed by atoms with E-state index in [4.69, 9.17) is 19.9 Å². The number of halogens is 6. The SMILES string of the molecule is O=C(c1cc(NC2CCN(CC(F)(F)F)CC2)nc(N2CC[C@@H](O)[C@H](N3CCc4ccccc4C3)CC2)n1)c1cc(NC2CCN(CC(F)(F)F)CC2)nc(N2CC[C@@H](O)[C@H](N3CCc4ccccc4C3)CC2)n1. The van der Waals surface area contributed by atoms with Crippen LogP contribution in [0.2, 0.25) is 0 Å². The van der Waals surface area contributed by atoms with Gasteiger partial charge >= 0.3 is 12.4 Å². The highest BCUT2D eigenvalue weighted by Crippen LogP contribution is 2.32. The van der Waals surface area contributed by atoms with Gasteiger partial charge in [-0.15, -0.1) is 0 Å². The van der Waals surface area contributed by atoms with Crippen molar-refractivity contribution in [2.24, 2.45) is 0 Å². The van der Waals surface area contributed by atoms with E-state index < -0.39 is 43.4 Å². The van der Waals surface area contributed by atoms with E-state index in [9.17, 15) is 36.6 Å². The third-order valence-electron chi connectivity index (χ3n) is 16.1. The lowest BCUT2D eigenvalue weighted by Crippen LogP contribution is -2.46. The average Bonchev–Trinajstić information content (AvgIpc) is 3.70. The Balaban J connectivity index is 0.928. The fourth-order valence-corrected chi connectivity index (χ4v) is 12.1. The first-order valence-corrected chi connectivity index (χ1v) is 26.5. The minimum Gasteiger partial charge on any atom is -0.391 e. The molecule has 10 rings (SSSR count). The van der Waals surface area contributed by atoms with Gasteiger partial charge in [0.25, 0.3) is 0 Å². The van der Waals surface area contributed by atoms with Gasteiger partial charge in [-0.25, -0.2) is 9.97 Å². The van der Waals surface area contributed by atoms with Crippen molar-refractivity contribution in [1.82, 2.24) is 39.5 Å². The molecule has 0 unspecified atom stereocenters. The van der Waals surface area contributed by atoms with Gasteiger partial charge in [-0.05, 0) is 86.5 Å². The van der Waals surface area contributed by atoms with E-state index in [-0.39, 0.29) is 73.6 Å². The number of ketones is 1. The summed E-state index contributed by atoms with van der Waals surface area (Å²) >= 11 is 0. The molecule has 0 bridgehead atoms. The lowest BCUT2D eigenvalue weighted by Gasteiger charge is -2.37. The number of alkyl halides is 6. The van der Waals surface area contributed by atoms with Crippen LogP contribution in [0.5, 0.6) is 0 Å². The summed E-state index contributed by atoms with van der Waals surface area (Å²) in [5.41, 5.74) is 5.21. The summed E-state index contributed by atoms with van der Waals surface area (Å²) in [7, 11) is 0. The van der Waals surface area contributed by atoms with Crippen LogP contribution < -0.4 is 20.4 Å². The van der Waals surface area contributed by atoms with Crippen LogP contribution >= 0.6 is 0 Å². The number of piperidine rings is 2. The van der Waals surface area contributed by atoms with Crippen molar-refractivity contribution in [2.75, 3.05) is 99.0 Å². The highest BCUT2D eigenvalue weighted by molar-refractivity contribution is 6.07. The molecular formula is C53H68F6N12O3. The maximum absolute atomic E-state index is 15.1. The number of aliphatic hydroxyl groups is 2. The zero-order valence-electron chi connectivity index (χ0n) is 41.8. The molecule has 4 saturated heterocycles. The van der Waals surface area contributed by atoms with Crippen LogP contribution in [0.4, 0.5) is 49.9 Å². The van der Waals surface area contributed by atoms with Crippen LogP contribution in [-0.4, -0.2) is 183 Å². The van der Waals surface area contributed by atoms with E-state index in [0.29, 0.717) is 89.2 Å². The molecule has 0 spiro atoms. The Hall–Kier alpha value is -5.19. The van der Waals surface area contributed by atoms with Gasteiger partial charge in [0.15, 0.2) is 0 Å². The number of hydrogen-bond donors (Lipinski definition) is 4. The van der Waals surface area contributed by atoms with Crippen molar-refractivity contribution in [1.29, 1.82) is 0 Å². The first-order chi connectivity index (χ1) is 35.6. The number of carbonyl (C=O) groups is 1. The van der Waals surface area contributed by atoms with E-state index in [0.717, 1.165) is 39.0 Å². The quantitative estimate of drug-likeness (QED) is 0.0948. The van der Waals surface area contributed by atoms with Crippen LogP contribution in [0.15, 0.2) is 60.7 Å². The van der Waals surface area contributed by atoms with Gasteiger partial charge < -0.3 is 30.6 Å². The Kier molecular flexibility index (Phi) is 15.9. The predicted octanol–water partition coefficient (Wildman–Crippen LogP) is 6.15. The second-order valence-corrected chi connectivity index (χ2v) is 21.2. The molecular weight excluding hydrogens is 967 g/mol. The predicted molar refractivity (Wildman–Crippen MR) is 269 cm³/mol. The lowest BCUT2D eigenvalue weighted by atomic mass is 9.96. The molecule has 4 aromatic rings. The summed E-state index contributed by atoms with van der Waals surface area (Å²) < 4.78 is 79.9. The van der Waals surface area contributed by atoms with Crippen molar-refractivity contribution >= 4 is 29.3 Å². The van der Waals surface area contributed by atoms with Crippen molar-refractivity contribution in [3.8, 4) is 0 Å². The Morgan fingerprint density at radius 3 is 1.28 bits per heavy atom. The largest absolute Gasteiger partial charge is 0.401 e. The number of benzene rings is 2. The minimum atomic E-state index is -4.31. The lowest BCUT2D eigenvalue weighted by molar-refractivity contribution is -0.148. The second kappa shape index (κ2) is 22.6. The smallest absolute Gasteiger partial charge is 0.391 e. The van der Waals surface area contributed by atoms with Gasteiger partial charge in [-0.3, -0.25) is 24.4 Å². The van der Waals surface area contributed by atoms with Crippen LogP contribution in [-0.2, 0) is 25.9 Å². The highest BCUT2D eigenvalue weighted by atomic mass is 19.4.